The highest BCUT2D eigenvalue weighted by molar-refractivity contribution is 7.90. The zero-order valence-electron chi connectivity index (χ0n) is 17.7. The first kappa shape index (κ1) is 22.4. The number of hydrogen-bond acceptors (Lipinski definition) is 4. The second-order valence-electron chi connectivity index (χ2n) is 8.32. The van der Waals surface area contributed by atoms with E-state index >= 15 is 0 Å². The van der Waals surface area contributed by atoms with Crippen molar-refractivity contribution in [3.63, 3.8) is 0 Å². The summed E-state index contributed by atoms with van der Waals surface area (Å²) in [5, 5.41) is 0. The van der Waals surface area contributed by atoms with E-state index in [0.717, 1.165) is 5.56 Å². The van der Waals surface area contributed by atoms with Crippen molar-refractivity contribution in [2.75, 3.05) is 25.9 Å². The third-order valence-electron chi connectivity index (χ3n) is 5.65. The van der Waals surface area contributed by atoms with Crippen molar-refractivity contribution in [1.82, 2.24) is 9.80 Å². The molecule has 7 heteroatoms. The fraction of sp³-hybridized carbons (Fsp3) is 0.435. The molecule has 2 aromatic rings. The number of piperazine rings is 1. The van der Waals surface area contributed by atoms with E-state index in [1.54, 1.807) is 36.4 Å². The summed E-state index contributed by atoms with van der Waals surface area (Å²) in [6.07, 6.45) is 1.40. The van der Waals surface area contributed by atoms with E-state index in [1.165, 1.54) is 12.3 Å². The smallest absolute Gasteiger partial charge is 0.227 e. The molecule has 0 bridgehead atoms. The van der Waals surface area contributed by atoms with Crippen molar-refractivity contribution in [3.8, 4) is 0 Å². The molecule has 30 heavy (non-hydrogen) atoms. The van der Waals surface area contributed by atoms with Gasteiger partial charge >= 0.3 is 0 Å². The maximum atomic E-state index is 14.0. The first-order valence-electron chi connectivity index (χ1n) is 10.2. The third-order valence-corrected chi connectivity index (χ3v) is 6.78. The molecule has 0 spiro atoms. The minimum Gasteiger partial charge on any atom is -0.337 e. The molecule has 162 valence electrons. The standard InChI is InChI=1S/C23H29FN2O3S/c1-17(2)22-16-25(15-19-6-4-5-7-21(19)24)12-13-26(22)23(27)14-18-8-10-20(11-9-18)30(3,28)29/h4-11,17,22H,12-16H2,1-3H3/t22-/m1/s1. The molecule has 1 amide bonds. The number of carbonyl (C=O) groups excluding carboxylic acids is 1. The van der Waals surface area contributed by atoms with Gasteiger partial charge in [-0.1, -0.05) is 44.2 Å². The quantitative estimate of drug-likeness (QED) is 0.704. The predicted octanol–water partition coefficient (Wildman–Crippen LogP) is 3.14. The van der Waals surface area contributed by atoms with Crippen LogP contribution in [-0.2, 0) is 27.6 Å². The average Bonchev–Trinajstić information content (AvgIpc) is 2.69. The summed E-state index contributed by atoms with van der Waals surface area (Å²) in [4.78, 5) is 17.4. The average molecular weight is 433 g/mol. The molecule has 5 nitrogen and oxygen atoms in total. The number of rotatable bonds is 6. The van der Waals surface area contributed by atoms with Crippen LogP contribution < -0.4 is 0 Å². The van der Waals surface area contributed by atoms with Crippen molar-refractivity contribution < 1.29 is 17.6 Å². The lowest BCUT2D eigenvalue weighted by atomic mass is 9.98. The van der Waals surface area contributed by atoms with Gasteiger partial charge in [0.2, 0.25) is 5.91 Å². The minimum atomic E-state index is -3.25. The lowest BCUT2D eigenvalue weighted by Crippen LogP contribution is -2.57. The fourth-order valence-corrected chi connectivity index (χ4v) is 4.52. The number of carbonyl (C=O) groups is 1. The van der Waals surface area contributed by atoms with Crippen LogP contribution in [0.5, 0.6) is 0 Å². The largest absolute Gasteiger partial charge is 0.337 e. The summed E-state index contributed by atoms with van der Waals surface area (Å²) >= 11 is 0. The molecule has 0 radical (unpaired) electrons. The Morgan fingerprint density at radius 1 is 1.10 bits per heavy atom. The Kier molecular flexibility index (Phi) is 6.93. The molecule has 1 heterocycles. The van der Waals surface area contributed by atoms with Gasteiger partial charge in [-0.15, -0.1) is 0 Å². The monoisotopic (exact) mass is 432 g/mol. The normalized spacial score (nSPS) is 18.0. The van der Waals surface area contributed by atoms with Gasteiger partial charge < -0.3 is 4.90 Å². The van der Waals surface area contributed by atoms with Crippen LogP contribution in [0, 0.1) is 11.7 Å². The summed E-state index contributed by atoms with van der Waals surface area (Å²) in [5.41, 5.74) is 1.47. The van der Waals surface area contributed by atoms with Gasteiger partial charge in [-0.3, -0.25) is 9.69 Å². The van der Waals surface area contributed by atoms with E-state index in [9.17, 15) is 17.6 Å². The van der Waals surface area contributed by atoms with E-state index in [1.807, 2.05) is 11.0 Å². The van der Waals surface area contributed by atoms with Crippen molar-refractivity contribution in [1.29, 1.82) is 0 Å². The van der Waals surface area contributed by atoms with Crippen LogP contribution in [-0.4, -0.2) is 56.1 Å². The zero-order valence-corrected chi connectivity index (χ0v) is 18.5. The van der Waals surface area contributed by atoms with Gasteiger partial charge in [-0.25, -0.2) is 12.8 Å². The van der Waals surface area contributed by atoms with Crippen LogP contribution in [0.1, 0.15) is 25.0 Å². The Bertz CT molecular complexity index is 990. The summed E-state index contributed by atoms with van der Waals surface area (Å²) in [6, 6.07) is 13.4. The molecule has 0 aliphatic carbocycles. The topological polar surface area (TPSA) is 57.7 Å². The summed E-state index contributed by atoms with van der Waals surface area (Å²) in [5.74, 6) is 0.103. The summed E-state index contributed by atoms with van der Waals surface area (Å²) < 4.78 is 37.2. The molecule has 3 rings (SSSR count). The van der Waals surface area contributed by atoms with Gasteiger partial charge in [0.15, 0.2) is 9.84 Å². The van der Waals surface area contributed by atoms with Crippen LogP contribution >= 0.6 is 0 Å². The maximum Gasteiger partial charge on any atom is 0.227 e. The number of nitrogens with zero attached hydrogens (tertiary/aromatic N) is 2. The molecule has 1 saturated heterocycles. The third kappa shape index (κ3) is 5.46. The van der Waals surface area contributed by atoms with Gasteiger partial charge in [0.05, 0.1) is 11.3 Å². The highest BCUT2D eigenvalue weighted by Crippen LogP contribution is 2.21. The van der Waals surface area contributed by atoms with Gasteiger partial charge in [0.1, 0.15) is 5.82 Å². The van der Waals surface area contributed by atoms with E-state index in [2.05, 4.69) is 18.7 Å². The molecule has 0 unspecified atom stereocenters. The maximum absolute atomic E-state index is 14.0. The summed E-state index contributed by atoms with van der Waals surface area (Å²) in [7, 11) is -3.25. The Hall–Kier alpha value is -2.25. The lowest BCUT2D eigenvalue weighted by molar-refractivity contribution is -0.136. The predicted molar refractivity (Wildman–Crippen MR) is 115 cm³/mol. The molecular formula is C23H29FN2O3S. The fourth-order valence-electron chi connectivity index (χ4n) is 3.89. The lowest BCUT2D eigenvalue weighted by Gasteiger charge is -2.43. The Balaban J connectivity index is 1.66. The first-order chi connectivity index (χ1) is 14.1. The van der Waals surface area contributed by atoms with Crippen LogP contribution in [0.15, 0.2) is 53.4 Å². The van der Waals surface area contributed by atoms with E-state index in [0.29, 0.717) is 31.7 Å². The second kappa shape index (κ2) is 9.27. The molecule has 1 aliphatic heterocycles. The van der Waals surface area contributed by atoms with Gasteiger partial charge in [-0.05, 0) is 29.7 Å². The Morgan fingerprint density at radius 3 is 2.37 bits per heavy atom. The van der Waals surface area contributed by atoms with Crippen LogP contribution in [0.25, 0.3) is 0 Å². The molecule has 0 saturated carbocycles. The number of amides is 1. The van der Waals surface area contributed by atoms with E-state index in [-0.39, 0.29) is 35.0 Å². The number of hydrogen-bond donors (Lipinski definition) is 0. The molecule has 0 aromatic heterocycles. The second-order valence-corrected chi connectivity index (χ2v) is 10.3. The van der Waals surface area contributed by atoms with Crippen molar-refractivity contribution in [2.45, 2.75) is 37.8 Å². The van der Waals surface area contributed by atoms with E-state index < -0.39 is 9.84 Å². The highest BCUT2D eigenvalue weighted by atomic mass is 32.2. The SMILES string of the molecule is CC(C)[C@H]1CN(Cc2ccccc2F)CCN1C(=O)Cc1ccc(S(C)(=O)=O)cc1. The molecule has 0 N–H and O–H groups in total. The minimum absolute atomic E-state index is 0.0337. The van der Waals surface area contributed by atoms with Crippen LogP contribution in [0.3, 0.4) is 0 Å². The molecule has 1 atom stereocenters. The Morgan fingerprint density at radius 2 is 1.77 bits per heavy atom. The van der Waals surface area contributed by atoms with Crippen molar-refractivity contribution >= 4 is 15.7 Å². The zero-order chi connectivity index (χ0) is 21.9. The van der Waals surface area contributed by atoms with Gasteiger partial charge in [-0.2, -0.15) is 0 Å². The van der Waals surface area contributed by atoms with Crippen LogP contribution in [0.4, 0.5) is 4.39 Å². The number of halogens is 1. The highest BCUT2D eigenvalue weighted by Gasteiger charge is 2.32. The molecule has 1 aliphatic rings. The molecule has 1 fully saturated rings. The van der Waals surface area contributed by atoms with E-state index in [4.69, 9.17) is 0 Å². The van der Waals surface area contributed by atoms with Crippen molar-refractivity contribution in [2.24, 2.45) is 5.92 Å². The van der Waals surface area contributed by atoms with Crippen LogP contribution in [0.2, 0.25) is 0 Å². The molecule has 2 aromatic carbocycles. The number of sulfone groups is 1. The van der Waals surface area contributed by atoms with Crippen molar-refractivity contribution in [3.05, 3.63) is 65.5 Å². The number of benzene rings is 2. The van der Waals surface area contributed by atoms with Gasteiger partial charge in [0.25, 0.3) is 0 Å². The summed E-state index contributed by atoms with van der Waals surface area (Å²) in [6.45, 7) is 6.71. The van der Waals surface area contributed by atoms with Gasteiger partial charge in [0, 0.05) is 44.0 Å². The molecular weight excluding hydrogens is 403 g/mol. The first-order valence-corrected chi connectivity index (χ1v) is 12.1. The Labute approximate surface area is 178 Å².